The second-order valence-electron chi connectivity index (χ2n) is 8.45. The summed E-state index contributed by atoms with van der Waals surface area (Å²) in [5.74, 6) is 0.666. The molecule has 0 saturated heterocycles. The molecule has 5 nitrogen and oxygen atoms in total. The van der Waals surface area contributed by atoms with E-state index in [1.54, 1.807) is 25.3 Å². The van der Waals surface area contributed by atoms with Gasteiger partial charge in [0.2, 0.25) is 0 Å². The second kappa shape index (κ2) is 20.1. The van der Waals surface area contributed by atoms with Crippen LogP contribution in [0.1, 0.15) is 102 Å². The van der Waals surface area contributed by atoms with Crippen molar-refractivity contribution < 1.29 is 19.0 Å². The molecule has 0 spiro atoms. The van der Waals surface area contributed by atoms with Gasteiger partial charge in [-0.15, -0.1) is 0 Å². The number of hydrogen-bond acceptors (Lipinski definition) is 5. The molecule has 0 saturated carbocycles. The Morgan fingerprint density at radius 2 is 1.45 bits per heavy atom. The van der Waals surface area contributed by atoms with E-state index in [-0.39, 0.29) is 12.6 Å². The highest BCUT2D eigenvalue weighted by Crippen LogP contribution is 2.28. The van der Waals surface area contributed by atoms with E-state index in [0.29, 0.717) is 18.1 Å². The summed E-state index contributed by atoms with van der Waals surface area (Å²) in [6.45, 7) is 2.66. The first kappa shape index (κ1) is 28.6. The molecule has 0 aromatic heterocycles. The lowest BCUT2D eigenvalue weighted by Crippen LogP contribution is -2.02. The highest BCUT2D eigenvalue weighted by Gasteiger charge is 2.05. The quantitative estimate of drug-likeness (QED) is 0.114. The van der Waals surface area contributed by atoms with Crippen molar-refractivity contribution in [3.05, 3.63) is 29.8 Å². The molecule has 184 valence electrons. The van der Waals surface area contributed by atoms with Gasteiger partial charge in [-0.05, 0) is 30.2 Å². The highest BCUT2D eigenvalue weighted by atomic mass is 16.5. The van der Waals surface area contributed by atoms with Crippen LogP contribution in [-0.4, -0.2) is 26.3 Å². The summed E-state index contributed by atoms with van der Waals surface area (Å²) in [5, 5.41) is 8.68. The number of esters is 1. The van der Waals surface area contributed by atoms with E-state index in [4.69, 9.17) is 19.5 Å². The first-order valence-electron chi connectivity index (χ1n) is 12.7. The topological polar surface area (TPSA) is 68.6 Å². The van der Waals surface area contributed by atoms with Crippen LogP contribution in [0.4, 0.5) is 0 Å². The molecule has 0 aliphatic rings. The van der Waals surface area contributed by atoms with Crippen molar-refractivity contribution in [1.82, 2.24) is 0 Å². The van der Waals surface area contributed by atoms with Crippen molar-refractivity contribution in [3.8, 4) is 17.6 Å². The van der Waals surface area contributed by atoms with E-state index in [1.807, 2.05) is 12.1 Å². The summed E-state index contributed by atoms with van der Waals surface area (Å²) < 4.78 is 15.8. The lowest BCUT2D eigenvalue weighted by atomic mass is 10.0. The molecule has 0 atom stereocenters. The summed E-state index contributed by atoms with van der Waals surface area (Å²) in [7, 11) is 1.54. The molecule has 0 amide bonds. The molecule has 1 rings (SSSR count). The number of carbonyl (C=O) groups excluding carboxylic acids is 1. The summed E-state index contributed by atoms with van der Waals surface area (Å²) in [4.78, 5) is 11.9. The van der Waals surface area contributed by atoms with Crippen molar-refractivity contribution in [2.75, 3.05) is 20.3 Å². The van der Waals surface area contributed by atoms with Gasteiger partial charge in [0.05, 0.1) is 13.7 Å². The van der Waals surface area contributed by atoms with Gasteiger partial charge in [0.1, 0.15) is 6.07 Å². The minimum atomic E-state index is -0.347. The zero-order valence-corrected chi connectivity index (χ0v) is 20.8. The maximum Gasteiger partial charge on any atom is 0.330 e. The summed E-state index contributed by atoms with van der Waals surface area (Å²) in [5.41, 5.74) is 0.775. The van der Waals surface area contributed by atoms with E-state index in [0.717, 1.165) is 18.4 Å². The fourth-order valence-corrected chi connectivity index (χ4v) is 3.70. The van der Waals surface area contributed by atoms with Gasteiger partial charge in [0.25, 0.3) is 0 Å². The van der Waals surface area contributed by atoms with Crippen LogP contribution in [-0.2, 0) is 9.53 Å². The van der Waals surface area contributed by atoms with Crippen LogP contribution in [0.15, 0.2) is 24.3 Å². The predicted octanol–water partition coefficient (Wildman–Crippen LogP) is 7.64. The van der Waals surface area contributed by atoms with Crippen molar-refractivity contribution >= 4 is 12.0 Å². The maximum absolute atomic E-state index is 11.9. The minimum Gasteiger partial charge on any atom is -0.493 e. The number of nitrogens with zero attached hydrogens (tertiary/aromatic N) is 1. The van der Waals surface area contributed by atoms with Gasteiger partial charge >= 0.3 is 5.97 Å². The van der Waals surface area contributed by atoms with Gasteiger partial charge in [-0.2, -0.15) is 5.26 Å². The van der Waals surface area contributed by atoms with E-state index in [9.17, 15) is 4.79 Å². The van der Waals surface area contributed by atoms with Gasteiger partial charge in [0, 0.05) is 6.08 Å². The molecule has 1 aromatic rings. The first-order chi connectivity index (χ1) is 16.2. The van der Waals surface area contributed by atoms with Gasteiger partial charge in [-0.1, -0.05) is 96.5 Å². The average Bonchev–Trinajstić information content (AvgIpc) is 2.83. The molecule has 1 aromatic carbocycles. The van der Waals surface area contributed by atoms with E-state index < -0.39 is 0 Å². The van der Waals surface area contributed by atoms with Crippen LogP contribution >= 0.6 is 0 Å². The third-order valence-electron chi connectivity index (χ3n) is 5.63. The molecular formula is C28H43NO4. The normalized spacial score (nSPS) is 10.8. The molecule has 0 aliphatic carbocycles. The zero-order chi connectivity index (χ0) is 24.0. The Labute approximate surface area is 201 Å². The van der Waals surface area contributed by atoms with Gasteiger partial charge in [-0.3, -0.25) is 0 Å². The molecule has 0 heterocycles. The third kappa shape index (κ3) is 15.1. The van der Waals surface area contributed by atoms with Crippen LogP contribution in [0.2, 0.25) is 0 Å². The summed E-state index contributed by atoms with van der Waals surface area (Å²) in [6.07, 6.45) is 21.4. The Balaban J connectivity index is 2.05. The third-order valence-corrected chi connectivity index (χ3v) is 5.63. The Kier molecular flexibility index (Phi) is 17.4. The summed E-state index contributed by atoms with van der Waals surface area (Å²) in [6, 6.07) is 7.22. The number of ether oxygens (including phenoxy) is 3. The van der Waals surface area contributed by atoms with Crippen LogP contribution in [0.25, 0.3) is 6.08 Å². The van der Waals surface area contributed by atoms with Crippen LogP contribution < -0.4 is 9.47 Å². The average molecular weight is 458 g/mol. The Morgan fingerprint density at radius 1 is 0.879 bits per heavy atom. The monoisotopic (exact) mass is 457 g/mol. The van der Waals surface area contributed by atoms with Crippen molar-refractivity contribution in [2.45, 2.75) is 96.8 Å². The Bertz CT molecular complexity index is 708. The maximum atomic E-state index is 11.9. The van der Waals surface area contributed by atoms with Crippen molar-refractivity contribution in [3.63, 3.8) is 0 Å². The largest absolute Gasteiger partial charge is 0.493 e. The molecule has 0 N–H and O–H groups in total. The van der Waals surface area contributed by atoms with Crippen molar-refractivity contribution in [2.24, 2.45) is 0 Å². The number of hydrogen-bond donors (Lipinski definition) is 0. The van der Waals surface area contributed by atoms with Gasteiger partial charge in [-0.25, -0.2) is 4.79 Å². The zero-order valence-electron chi connectivity index (χ0n) is 20.8. The fourth-order valence-electron chi connectivity index (χ4n) is 3.70. The first-order valence-corrected chi connectivity index (χ1v) is 12.7. The lowest BCUT2D eigenvalue weighted by molar-refractivity contribution is -0.137. The van der Waals surface area contributed by atoms with E-state index in [1.165, 1.54) is 83.1 Å². The molecule has 5 heteroatoms. The highest BCUT2D eigenvalue weighted by molar-refractivity contribution is 5.87. The molecule has 33 heavy (non-hydrogen) atoms. The number of methoxy groups -OCH3 is 1. The number of rotatable bonds is 20. The molecule has 0 fully saturated rings. The molecule has 0 unspecified atom stereocenters. The fraction of sp³-hybridized carbons (Fsp3) is 0.643. The van der Waals surface area contributed by atoms with Crippen LogP contribution in [0, 0.1) is 11.3 Å². The van der Waals surface area contributed by atoms with Crippen LogP contribution in [0.3, 0.4) is 0 Å². The number of nitriles is 1. The SMILES string of the molecule is CCCCCCCCCCCCCCCCOC(=O)/C=C/c1ccc(OC)c(OCC#N)c1. The lowest BCUT2D eigenvalue weighted by Gasteiger charge is -2.08. The van der Waals surface area contributed by atoms with Gasteiger partial charge < -0.3 is 14.2 Å². The standard InChI is InChI=1S/C28H43NO4/c1-3-4-5-6-7-8-9-10-11-12-13-14-15-16-22-33-28(30)20-18-25-17-19-26(31-2)27(24-25)32-23-21-29/h17-20,24H,3-16,22-23H2,1-2H3/b20-18+. The predicted molar refractivity (Wildman–Crippen MR) is 134 cm³/mol. The van der Waals surface area contributed by atoms with Crippen molar-refractivity contribution in [1.29, 1.82) is 5.26 Å². The Hall–Kier alpha value is -2.48. The van der Waals surface area contributed by atoms with E-state index in [2.05, 4.69) is 6.92 Å². The molecule has 0 radical (unpaired) electrons. The number of unbranched alkanes of at least 4 members (excludes halogenated alkanes) is 13. The molecule has 0 bridgehead atoms. The number of carbonyl (C=O) groups is 1. The molecule has 0 aliphatic heterocycles. The smallest absolute Gasteiger partial charge is 0.330 e. The Morgan fingerprint density at radius 3 is 2.00 bits per heavy atom. The summed E-state index contributed by atoms with van der Waals surface area (Å²) >= 11 is 0. The minimum absolute atomic E-state index is 0.0647. The van der Waals surface area contributed by atoms with E-state index >= 15 is 0 Å². The van der Waals surface area contributed by atoms with Gasteiger partial charge in [0.15, 0.2) is 18.1 Å². The molecular weight excluding hydrogens is 414 g/mol. The number of benzene rings is 1. The van der Waals surface area contributed by atoms with Crippen LogP contribution in [0.5, 0.6) is 11.5 Å². The second-order valence-corrected chi connectivity index (χ2v) is 8.45.